The molecule has 0 spiro atoms. The first kappa shape index (κ1) is 15.4. The first-order chi connectivity index (χ1) is 11.1. The van der Waals surface area contributed by atoms with Gasteiger partial charge in [0.25, 0.3) is 0 Å². The van der Waals surface area contributed by atoms with Gasteiger partial charge < -0.3 is 21.3 Å². The van der Waals surface area contributed by atoms with Crippen molar-refractivity contribution in [3.63, 3.8) is 0 Å². The maximum Gasteiger partial charge on any atom is 0.223 e. The molecule has 1 aromatic heterocycles. The second kappa shape index (κ2) is 6.33. The molecule has 3 rings (SSSR count). The van der Waals surface area contributed by atoms with Gasteiger partial charge in [0.15, 0.2) is 11.6 Å². The fourth-order valence-electron chi connectivity index (χ4n) is 2.62. The van der Waals surface area contributed by atoms with Crippen molar-refractivity contribution in [2.45, 2.75) is 12.5 Å². The number of rotatable bonds is 4. The van der Waals surface area contributed by atoms with Gasteiger partial charge in [-0.3, -0.25) is 0 Å². The van der Waals surface area contributed by atoms with Crippen LogP contribution in [0.1, 0.15) is 6.42 Å². The van der Waals surface area contributed by atoms with Crippen LogP contribution in [0.15, 0.2) is 24.3 Å². The summed E-state index contributed by atoms with van der Waals surface area (Å²) < 4.78 is 27.0. The van der Waals surface area contributed by atoms with Gasteiger partial charge in [-0.2, -0.15) is 9.97 Å². The summed E-state index contributed by atoms with van der Waals surface area (Å²) >= 11 is 0. The molecule has 122 valence electrons. The van der Waals surface area contributed by atoms with E-state index in [1.807, 2.05) is 7.05 Å². The zero-order valence-electron chi connectivity index (χ0n) is 12.7. The van der Waals surface area contributed by atoms with Crippen molar-refractivity contribution in [3.8, 4) is 0 Å². The third-order valence-electron chi connectivity index (χ3n) is 3.86. The average Bonchev–Trinajstić information content (AvgIpc) is 3.00. The van der Waals surface area contributed by atoms with Crippen molar-refractivity contribution in [1.82, 2.24) is 15.3 Å². The van der Waals surface area contributed by atoms with E-state index in [0.717, 1.165) is 25.6 Å². The van der Waals surface area contributed by atoms with Gasteiger partial charge in [0.05, 0.1) is 5.69 Å². The van der Waals surface area contributed by atoms with Gasteiger partial charge in [-0.25, -0.2) is 8.78 Å². The number of benzene rings is 1. The number of nitrogens with two attached hydrogens (primary N) is 1. The fraction of sp³-hybridized carbons (Fsp3) is 0.333. The summed E-state index contributed by atoms with van der Waals surface area (Å²) in [5.41, 5.74) is 5.75. The van der Waals surface area contributed by atoms with E-state index in [0.29, 0.717) is 17.7 Å². The largest absolute Gasteiger partial charge is 0.368 e. The molecule has 2 aromatic rings. The summed E-state index contributed by atoms with van der Waals surface area (Å²) in [5.74, 6) is -0.814. The van der Waals surface area contributed by atoms with Crippen molar-refractivity contribution in [2.24, 2.45) is 0 Å². The Hall–Kier alpha value is -2.48. The highest BCUT2D eigenvalue weighted by Crippen LogP contribution is 2.25. The number of aromatic nitrogens is 2. The molecule has 8 heteroatoms. The minimum absolute atomic E-state index is 0.00331. The lowest BCUT2D eigenvalue weighted by Gasteiger charge is -2.18. The monoisotopic (exact) mass is 320 g/mol. The molecule has 2 heterocycles. The maximum absolute atomic E-state index is 13.8. The molecule has 0 amide bonds. The van der Waals surface area contributed by atoms with Gasteiger partial charge in [0.2, 0.25) is 5.95 Å². The van der Waals surface area contributed by atoms with E-state index in [2.05, 4.69) is 25.5 Å². The second-order valence-corrected chi connectivity index (χ2v) is 5.42. The summed E-state index contributed by atoms with van der Waals surface area (Å²) in [4.78, 5) is 10.3. The number of nitrogens with zero attached hydrogens (tertiary/aromatic N) is 3. The number of hydrogen-bond acceptors (Lipinski definition) is 6. The molecule has 4 N–H and O–H groups in total. The van der Waals surface area contributed by atoms with Gasteiger partial charge in [-0.05, 0) is 25.6 Å². The van der Waals surface area contributed by atoms with E-state index in [1.165, 1.54) is 12.1 Å². The van der Waals surface area contributed by atoms with Crippen molar-refractivity contribution >= 4 is 23.3 Å². The molecule has 1 aliphatic heterocycles. The van der Waals surface area contributed by atoms with Crippen LogP contribution >= 0.6 is 0 Å². The van der Waals surface area contributed by atoms with Crippen LogP contribution in [0.5, 0.6) is 0 Å². The number of hydrogen-bond donors (Lipinski definition) is 3. The predicted octanol–water partition coefficient (Wildman–Crippen LogP) is 1.88. The number of anilines is 4. The lowest BCUT2D eigenvalue weighted by molar-refractivity contribution is 0.511. The highest BCUT2D eigenvalue weighted by molar-refractivity contribution is 5.62. The number of likely N-dealkylation sites (N-methyl/N-ethyl adjacent to an activating group) is 1. The minimum atomic E-state index is -0.956. The van der Waals surface area contributed by atoms with Gasteiger partial charge in [-0.15, -0.1) is 0 Å². The van der Waals surface area contributed by atoms with E-state index in [9.17, 15) is 8.78 Å². The lowest BCUT2D eigenvalue weighted by Crippen LogP contribution is -2.30. The molecule has 23 heavy (non-hydrogen) atoms. The predicted molar refractivity (Wildman–Crippen MR) is 85.8 cm³/mol. The molecule has 1 fully saturated rings. The van der Waals surface area contributed by atoms with Crippen LogP contribution in [0.25, 0.3) is 0 Å². The van der Waals surface area contributed by atoms with Crippen molar-refractivity contribution < 1.29 is 8.78 Å². The minimum Gasteiger partial charge on any atom is -0.368 e. The number of nitrogens with one attached hydrogen (secondary N) is 2. The molecule has 0 aliphatic carbocycles. The molecular formula is C15H18F2N6. The van der Waals surface area contributed by atoms with E-state index in [4.69, 9.17) is 5.73 Å². The van der Waals surface area contributed by atoms with Gasteiger partial charge in [0, 0.05) is 25.2 Å². The molecule has 1 aliphatic rings. The Bertz CT molecular complexity index is 708. The first-order valence-corrected chi connectivity index (χ1v) is 7.34. The normalized spacial score (nSPS) is 17.5. The molecule has 0 radical (unpaired) electrons. The van der Waals surface area contributed by atoms with Crippen LogP contribution in [0.2, 0.25) is 0 Å². The van der Waals surface area contributed by atoms with E-state index in [1.54, 1.807) is 6.07 Å². The number of halogens is 2. The molecule has 0 saturated carbocycles. The van der Waals surface area contributed by atoms with Gasteiger partial charge in [-0.1, -0.05) is 6.07 Å². The van der Waals surface area contributed by atoms with Crippen molar-refractivity contribution in [3.05, 3.63) is 35.9 Å². The molecule has 1 saturated heterocycles. The topological polar surface area (TPSA) is 79.1 Å². The third kappa shape index (κ3) is 3.31. The molecule has 1 atom stereocenters. The van der Waals surface area contributed by atoms with Gasteiger partial charge >= 0.3 is 0 Å². The smallest absolute Gasteiger partial charge is 0.223 e. The van der Waals surface area contributed by atoms with Crippen LogP contribution in [0.4, 0.5) is 32.1 Å². The Kier molecular flexibility index (Phi) is 4.24. The van der Waals surface area contributed by atoms with E-state index < -0.39 is 11.6 Å². The third-order valence-corrected chi connectivity index (χ3v) is 3.86. The zero-order valence-corrected chi connectivity index (χ0v) is 12.7. The fourth-order valence-corrected chi connectivity index (χ4v) is 2.62. The molecule has 0 unspecified atom stereocenters. The van der Waals surface area contributed by atoms with Crippen LogP contribution in [-0.2, 0) is 0 Å². The number of nitrogen functional groups attached to an aromatic ring is 1. The quantitative estimate of drug-likeness (QED) is 0.798. The molecule has 0 bridgehead atoms. The Morgan fingerprint density at radius 2 is 2.13 bits per heavy atom. The van der Waals surface area contributed by atoms with Crippen LogP contribution in [-0.4, -0.2) is 36.1 Å². The average molecular weight is 320 g/mol. The molecule has 1 aromatic carbocycles. The SMILES string of the molecule is CN[C@@H]1CCN(c2cc(Nc3cccc(F)c3F)nc(N)n2)C1. The molecular weight excluding hydrogens is 302 g/mol. The van der Waals surface area contributed by atoms with Crippen LogP contribution in [0, 0.1) is 11.6 Å². The Balaban J connectivity index is 1.85. The highest BCUT2D eigenvalue weighted by Gasteiger charge is 2.23. The zero-order chi connectivity index (χ0) is 16.4. The Morgan fingerprint density at radius 3 is 2.87 bits per heavy atom. The van der Waals surface area contributed by atoms with Crippen molar-refractivity contribution in [2.75, 3.05) is 36.1 Å². The van der Waals surface area contributed by atoms with E-state index in [-0.39, 0.29) is 11.6 Å². The summed E-state index contributed by atoms with van der Waals surface area (Å²) in [6.45, 7) is 1.65. The first-order valence-electron chi connectivity index (χ1n) is 7.34. The summed E-state index contributed by atoms with van der Waals surface area (Å²) in [5, 5.41) is 5.98. The summed E-state index contributed by atoms with van der Waals surface area (Å²) in [6, 6.07) is 5.98. The van der Waals surface area contributed by atoms with Crippen LogP contribution in [0.3, 0.4) is 0 Å². The van der Waals surface area contributed by atoms with Gasteiger partial charge in [0.1, 0.15) is 11.6 Å². The molecule has 6 nitrogen and oxygen atoms in total. The maximum atomic E-state index is 13.8. The standard InChI is InChI=1S/C15H18F2N6/c1-19-9-5-6-23(8-9)13-7-12(21-15(18)22-13)20-11-4-2-3-10(16)14(11)17/h2-4,7,9,19H,5-6,8H2,1H3,(H3,18,20,21,22)/t9-/m1/s1. The lowest BCUT2D eigenvalue weighted by atomic mass is 10.3. The summed E-state index contributed by atoms with van der Waals surface area (Å²) in [6.07, 6.45) is 1.00. The summed E-state index contributed by atoms with van der Waals surface area (Å²) in [7, 11) is 1.92. The Labute approximate surface area is 132 Å². The second-order valence-electron chi connectivity index (χ2n) is 5.42. The highest BCUT2D eigenvalue weighted by atomic mass is 19.2. The Morgan fingerprint density at radius 1 is 1.30 bits per heavy atom. The van der Waals surface area contributed by atoms with Crippen molar-refractivity contribution in [1.29, 1.82) is 0 Å². The van der Waals surface area contributed by atoms with Crippen LogP contribution < -0.4 is 21.3 Å². The van der Waals surface area contributed by atoms with E-state index >= 15 is 0 Å².